The van der Waals surface area contributed by atoms with Crippen LogP contribution in [-0.4, -0.2) is 40.6 Å². The lowest BCUT2D eigenvalue weighted by Gasteiger charge is -2.31. The van der Waals surface area contributed by atoms with Crippen LogP contribution in [0.15, 0.2) is 66.1 Å². The summed E-state index contributed by atoms with van der Waals surface area (Å²) in [7, 11) is 0. The van der Waals surface area contributed by atoms with Gasteiger partial charge in [-0.3, -0.25) is 10.2 Å². The van der Waals surface area contributed by atoms with E-state index in [1.807, 2.05) is 35.2 Å². The van der Waals surface area contributed by atoms with E-state index < -0.39 is 11.8 Å². The number of oxime groups is 1. The molecule has 0 atom stereocenters. The topological polar surface area (TPSA) is 127 Å². The van der Waals surface area contributed by atoms with Gasteiger partial charge in [0.1, 0.15) is 31.3 Å². The fourth-order valence-corrected chi connectivity index (χ4v) is 3.27. The van der Waals surface area contributed by atoms with Crippen LogP contribution in [0, 0.1) is 11.2 Å². The second-order valence-corrected chi connectivity index (χ2v) is 7.69. The molecule has 0 spiro atoms. The number of hydrogen-bond donors (Lipinski definition) is 2. The van der Waals surface area contributed by atoms with Crippen molar-refractivity contribution in [2.45, 2.75) is 19.6 Å². The van der Waals surface area contributed by atoms with Crippen LogP contribution in [0.4, 0.5) is 10.3 Å². The molecule has 3 aromatic rings. The van der Waals surface area contributed by atoms with E-state index in [1.165, 1.54) is 6.07 Å². The molecule has 4 rings (SSSR count). The van der Waals surface area contributed by atoms with Crippen molar-refractivity contribution in [2.24, 2.45) is 10.9 Å². The van der Waals surface area contributed by atoms with Gasteiger partial charge in [0.05, 0.1) is 18.8 Å². The Kier molecular flexibility index (Phi) is 7.07. The van der Waals surface area contributed by atoms with E-state index in [2.05, 4.69) is 15.1 Å². The Labute approximate surface area is 195 Å². The first-order valence-electron chi connectivity index (χ1n) is 10.5. The minimum atomic E-state index is -0.687. The molecular weight excluding hydrogens is 439 g/mol. The summed E-state index contributed by atoms with van der Waals surface area (Å²) in [5, 5.41) is 11.3. The van der Waals surface area contributed by atoms with Crippen molar-refractivity contribution in [3.05, 3.63) is 77.9 Å². The Morgan fingerprint density at radius 3 is 2.53 bits per heavy atom. The summed E-state index contributed by atoms with van der Waals surface area (Å²) in [6.45, 7) is 1.27. The molecule has 0 saturated carbocycles. The highest BCUT2D eigenvalue weighted by molar-refractivity contribution is 5.98. The molecule has 0 unspecified atom stereocenters. The Bertz CT molecular complexity index is 1190. The summed E-state index contributed by atoms with van der Waals surface area (Å²) in [5.41, 5.74) is 8.11. The quantitative estimate of drug-likeness (QED) is 0.217. The molecule has 174 valence electrons. The lowest BCUT2D eigenvalue weighted by Crippen LogP contribution is -2.48. The van der Waals surface area contributed by atoms with Crippen molar-refractivity contribution in [2.75, 3.05) is 18.0 Å². The molecule has 10 heteroatoms. The van der Waals surface area contributed by atoms with E-state index in [-0.39, 0.29) is 24.4 Å². The number of aromatic nitrogens is 2. The number of esters is 1. The summed E-state index contributed by atoms with van der Waals surface area (Å²) < 4.78 is 19.9. The van der Waals surface area contributed by atoms with Crippen LogP contribution in [0.1, 0.15) is 17.5 Å². The van der Waals surface area contributed by atoms with E-state index in [1.54, 1.807) is 24.5 Å². The highest BCUT2D eigenvalue weighted by Gasteiger charge is 2.25. The van der Waals surface area contributed by atoms with Crippen LogP contribution < -0.4 is 10.6 Å². The zero-order chi connectivity index (χ0) is 23.9. The van der Waals surface area contributed by atoms with Gasteiger partial charge >= 0.3 is 5.97 Å². The molecule has 1 saturated heterocycles. The molecular formula is C24H23FN6O3. The number of nitrogens with one attached hydrogen (secondary N) is 1. The van der Waals surface area contributed by atoms with Crippen molar-refractivity contribution in [3.63, 3.8) is 0 Å². The van der Waals surface area contributed by atoms with Gasteiger partial charge in [-0.15, -0.1) is 0 Å². The summed E-state index contributed by atoms with van der Waals surface area (Å²) in [5.74, 6) is -1.01. The molecule has 2 heterocycles. The van der Waals surface area contributed by atoms with E-state index in [0.717, 1.165) is 11.3 Å². The second-order valence-electron chi connectivity index (χ2n) is 7.69. The molecule has 3 N–H and O–H groups in total. The average Bonchev–Trinajstić information content (AvgIpc) is 2.80. The molecule has 9 nitrogen and oxygen atoms in total. The normalized spacial score (nSPS) is 12.6. The van der Waals surface area contributed by atoms with E-state index in [9.17, 15) is 9.18 Å². The largest absolute Gasteiger partial charge is 0.460 e. The molecule has 0 aliphatic carbocycles. The van der Waals surface area contributed by atoms with E-state index in [4.69, 9.17) is 20.7 Å². The van der Waals surface area contributed by atoms with E-state index >= 15 is 0 Å². The number of rotatable bonds is 9. The number of halogens is 1. The SMILES string of the molecule is N=C(N)CC(=O)OCc1cccc(-c2cnc(N3CC(=NOCc4ccccc4)C3)nc2)c1F. The number of carbonyl (C=O) groups is 1. The monoisotopic (exact) mass is 462 g/mol. The molecule has 0 bridgehead atoms. The van der Waals surface area contributed by atoms with Gasteiger partial charge in [-0.1, -0.05) is 53.7 Å². The number of benzene rings is 2. The number of nitrogens with zero attached hydrogens (tertiary/aromatic N) is 4. The number of hydrogen-bond acceptors (Lipinski definition) is 8. The molecule has 1 aliphatic rings. The zero-order valence-electron chi connectivity index (χ0n) is 18.3. The van der Waals surface area contributed by atoms with Crippen LogP contribution in [0.2, 0.25) is 0 Å². The first-order valence-corrected chi connectivity index (χ1v) is 10.5. The van der Waals surface area contributed by atoms with Gasteiger partial charge in [0.25, 0.3) is 0 Å². The lowest BCUT2D eigenvalue weighted by molar-refractivity contribution is -0.143. The molecule has 34 heavy (non-hydrogen) atoms. The van der Waals surface area contributed by atoms with Gasteiger partial charge in [-0.05, 0) is 5.56 Å². The number of ether oxygens (including phenoxy) is 1. The average molecular weight is 462 g/mol. The first-order chi connectivity index (χ1) is 16.5. The Morgan fingerprint density at radius 2 is 1.82 bits per heavy atom. The maximum atomic E-state index is 14.9. The van der Waals surface area contributed by atoms with Crippen LogP contribution in [0.3, 0.4) is 0 Å². The van der Waals surface area contributed by atoms with Gasteiger partial charge in [-0.25, -0.2) is 14.4 Å². The van der Waals surface area contributed by atoms with Crippen molar-refractivity contribution in [1.29, 1.82) is 5.41 Å². The summed E-state index contributed by atoms with van der Waals surface area (Å²) in [4.78, 5) is 27.6. The number of anilines is 1. The molecule has 2 aromatic carbocycles. The smallest absolute Gasteiger partial charge is 0.313 e. The summed E-state index contributed by atoms with van der Waals surface area (Å²) in [6.07, 6.45) is 2.76. The van der Waals surface area contributed by atoms with Gasteiger partial charge in [0, 0.05) is 29.1 Å². The Balaban J connectivity index is 1.33. The minimum Gasteiger partial charge on any atom is -0.460 e. The van der Waals surface area contributed by atoms with Gasteiger partial charge in [-0.2, -0.15) is 0 Å². The van der Waals surface area contributed by atoms with Crippen molar-refractivity contribution < 1.29 is 18.8 Å². The molecule has 1 aromatic heterocycles. The zero-order valence-corrected chi connectivity index (χ0v) is 18.3. The van der Waals surface area contributed by atoms with Gasteiger partial charge < -0.3 is 20.2 Å². The van der Waals surface area contributed by atoms with Crippen molar-refractivity contribution in [3.8, 4) is 11.1 Å². The maximum Gasteiger partial charge on any atom is 0.313 e. The molecule has 1 aliphatic heterocycles. The van der Waals surface area contributed by atoms with Crippen LogP contribution in [-0.2, 0) is 27.6 Å². The highest BCUT2D eigenvalue weighted by atomic mass is 19.1. The summed E-state index contributed by atoms with van der Waals surface area (Å²) >= 11 is 0. The molecule has 0 amide bonds. The van der Waals surface area contributed by atoms with Gasteiger partial charge in [0.15, 0.2) is 0 Å². The minimum absolute atomic E-state index is 0.206. The van der Waals surface area contributed by atoms with Crippen LogP contribution in [0.5, 0.6) is 0 Å². The number of carbonyl (C=O) groups excluding carboxylic acids is 1. The van der Waals surface area contributed by atoms with E-state index in [0.29, 0.717) is 36.8 Å². The van der Waals surface area contributed by atoms with Crippen molar-refractivity contribution in [1.82, 2.24) is 9.97 Å². The fraction of sp³-hybridized carbons (Fsp3) is 0.208. The summed E-state index contributed by atoms with van der Waals surface area (Å²) in [6, 6.07) is 14.6. The standard InChI is InChI=1S/C24H23FN6O3/c25-23-17(15-33-22(32)9-21(26)27)7-4-8-20(23)18-10-28-24(29-11-18)31-12-19(13-31)30-34-14-16-5-2-1-3-6-16/h1-8,10-11H,9,12-15H2,(H3,26,27). The fourth-order valence-electron chi connectivity index (χ4n) is 3.27. The van der Waals surface area contributed by atoms with Gasteiger partial charge in [0.2, 0.25) is 5.95 Å². The predicted octanol–water partition coefficient (Wildman–Crippen LogP) is 3.04. The van der Waals surface area contributed by atoms with Crippen LogP contribution in [0.25, 0.3) is 11.1 Å². The second kappa shape index (κ2) is 10.5. The third-order valence-electron chi connectivity index (χ3n) is 5.05. The third kappa shape index (κ3) is 5.71. The number of amidine groups is 1. The van der Waals surface area contributed by atoms with Crippen LogP contribution >= 0.6 is 0 Å². The lowest BCUT2D eigenvalue weighted by atomic mass is 10.1. The number of nitrogens with two attached hydrogens (primary N) is 1. The third-order valence-corrected chi connectivity index (χ3v) is 5.05. The Morgan fingerprint density at radius 1 is 1.09 bits per heavy atom. The highest BCUT2D eigenvalue weighted by Crippen LogP contribution is 2.26. The molecule has 1 fully saturated rings. The predicted molar refractivity (Wildman–Crippen MR) is 125 cm³/mol. The molecule has 0 radical (unpaired) electrons. The Hall–Kier alpha value is -4.34. The maximum absolute atomic E-state index is 14.9. The van der Waals surface area contributed by atoms with Crippen molar-refractivity contribution >= 4 is 23.5 Å². The first kappa shape index (κ1) is 22.8.